The van der Waals surface area contributed by atoms with Crippen LogP contribution in [0.5, 0.6) is 0 Å². The zero-order chi connectivity index (χ0) is 29.9. The molecule has 2 aliphatic heterocycles. The molecule has 214 valence electrons. The Hall–Kier alpha value is -5.05. The Morgan fingerprint density at radius 3 is 2.09 bits per heavy atom. The topological polar surface area (TPSA) is 4.93 Å². The minimum absolute atomic E-state index is 0.457. The van der Waals surface area contributed by atoms with Crippen LogP contribution in [-0.2, 0) is 5.41 Å². The highest BCUT2D eigenvalue weighted by Crippen LogP contribution is 2.71. The highest BCUT2D eigenvalue weighted by atomic mass is 32.3. The van der Waals surface area contributed by atoms with E-state index in [0.717, 1.165) is 0 Å². The fourth-order valence-electron chi connectivity index (χ4n) is 8.73. The highest BCUT2D eigenvalue weighted by molar-refractivity contribution is 8.33. The van der Waals surface area contributed by atoms with Crippen LogP contribution < -0.4 is 0 Å². The van der Waals surface area contributed by atoms with Crippen molar-refractivity contribution in [2.24, 2.45) is 0 Å². The number of aromatic nitrogens is 1. The van der Waals surface area contributed by atoms with Crippen LogP contribution in [0.2, 0.25) is 0 Å². The van der Waals surface area contributed by atoms with Crippen molar-refractivity contribution < 1.29 is 0 Å². The van der Waals surface area contributed by atoms with Crippen molar-refractivity contribution in [1.29, 1.82) is 0 Å². The van der Waals surface area contributed by atoms with Crippen LogP contribution >= 0.6 is 10.0 Å². The molecule has 1 nitrogen and oxygen atoms in total. The normalized spacial score (nSPS) is 18.1. The lowest BCUT2D eigenvalue weighted by Crippen LogP contribution is -2.39. The lowest BCUT2D eigenvalue weighted by atomic mass is 9.62. The van der Waals surface area contributed by atoms with Crippen LogP contribution in [0.4, 0.5) is 0 Å². The van der Waals surface area contributed by atoms with Crippen LogP contribution in [-0.4, -0.2) is 17.1 Å². The van der Waals surface area contributed by atoms with Gasteiger partial charge in [0.05, 0.1) is 22.1 Å². The average molecular weight is 594 g/mol. The number of hydrogen-bond donors (Lipinski definition) is 0. The van der Waals surface area contributed by atoms with Gasteiger partial charge in [0.15, 0.2) is 0 Å². The van der Waals surface area contributed by atoms with Gasteiger partial charge in [0.2, 0.25) is 0 Å². The maximum Gasteiger partial charge on any atom is 0.0763 e. The van der Waals surface area contributed by atoms with Gasteiger partial charge < -0.3 is 4.57 Å². The molecule has 2 aliphatic rings. The fourth-order valence-corrected chi connectivity index (χ4v) is 11.6. The van der Waals surface area contributed by atoms with E-state index >= 15 is 0 Å². The first-order chi connectivity index (χ1) is 22.1. The monoisotopic (exact) mass is 593 g/mol. The van der Waals surface area contributed by atoms with Crippen molar-refractivity contribution in [2.45, 2.75) is 15.2 Å². The van der Waals surface area contributed by atoms with Crippen LogP contribution in [0.15, 0.2) is 161 Å². The van der Waals surface area contributed by atoms with Crippen LogP contribution in [0.1, 0.15) is 22.3 Å². The Labute approximate surface area is 264 Å². The second-order valence-electron chi connectivity index (χ2n) is 12.9. The van der Waals surface area contributed by atoms with E-state index in [1.165, 1.54) is 81.4 Å². The number of benzene rings is 7. The van der Waals surface area contributed by atoms with E-state index in [2.05, 4.69) is 169 Å². The number of fused-ring (bicyclic) bond motifs is 12. The maximum absolute atomic E-state index is 2.53. The molecule has 1 atom stereocenters. The first-order valence-corrected chi connectivity index (χ1v) is 18.1. The molecule has 2 heteroatoms. The van der Waals surface area contributed by atoms with Gasteiger partial charge >= 0.3 is 0 Å². The molecule has 1 unspecified atom stereocenters. The Balaban J connectivity index is 1.42. The molecule has 45 heavy (non-hydrogen) atoms. The van der Waals surface area contributed by atoms with E-state index in [0.29, 0.717) is 0 Å². The van der Waals surface area contributed by atoms with Gasteiger partial charge in [0, 0.05) is 15.7 Å². The Bertz CT molecular complexity index is 2530. The fraction of sp³-hybridized carbons (Fsp3) is 0.0698. The molecule has 0 radical (unpaired) electrons. The van der Waals surface area contributed by atoms with Crippen LogP contribution in [0.3, 0.4) is 0 Å². The Morgan fingerprint density at radius 1 is 0.511 bits per heavy atom. The summed E-state index contributed by atoms with van der Waals surface area (Å²) in [6.45, 7) is 0. The second-order valence-corrected chi connectivity index (χ2v) is 16.4. The molecule has 7 aromatic carbocycles. The summed E-state index contributed by atoms with van der Waals surface area (Å²) in [6.07, 6.45) is 5.02. The lowest BCUT2D eigenvalue weighted by molar-refractivity contribution is 0.687. The van der Waals surface area contributed by atoms with Crippen molar-refractivity contribution in [3.05, 3.63) is 174 Å². The molecule has 0 fully saturated rings. The Kier molecular flexibility index (Phi) is 4.93. The summed E-state index contributed by atoms with van der Waals surface area (Å²) in [6, 6.07) is 57.2. The van der Waals surface area contributed by atoms with Gasteiger partial charge in [-0.3, -0.25) is 0 Å². The molecule has 0 N–H and O–H groups in total. The average Bonchev–Trinajstić information content (AvgIpc) is 3.43. The van der Waals surface area contributed by atoms with Gasteiger partial charge in [-0.1, -0.05) is 127 Å². The molecule has 0 amide bonds. The zero-order valence-electron chi connectivity index (χ0n) is 25.3. The molecule has 0 aliphatic carbocycles. The molecule has 1 spiro atoms. The molecule has 3 heterocycles. The molecule has 0 saturated carbocycles. The van der Waals surface area contributed by atoms with Crippen molar-refractivity contribution in [2.75, 3.05) is 12.5 Å². The lowest BCUT2D eigenvalue weighted by Gasteiger charge is -2.52. The molecule has 10 rings (SSSR count). The van der Waals surface area contributed by atoms with Crippen molar-refractivity contribution in [3.8, 4) is 16.8 Å². The predicted octanol–water partition coefficient (Wildman–Crippen LogP) is 11.1. The van der Waals surface area contributed by atoms with E-state index in [1.54, 1.807) is 0 Å². The summed E-state index contributed by atoms with van der Waals surface area (Å²) in [5.74, 6) is 0. The van der Waals surface area contributed by atoms with E-state index in [9.17, 15) is 0 Å². The van der Waals surface area contributed by atoms with Gasteiger partial charge in [-0.05, 0) is 85.8 Å². The largest absolute Gasteiger partial charge is 0.309 e. The van der Waals surface area contributed by atoms with E-state index in [1.807, 2.05) is 0 Å². The number of nitrogens with zero attached hydrogens (tertiary/aromatic N) is 1. The van der Waals surface area contributed by atoms with Crippen molar-refractivity contribution in [1.82, 2.24) is 4.57 Å². The standard InChI is InChI=1S/C43H31NS/c1-45(2)40-24-10-7-19-35(40)43(37-21-11-16-31(42(37)45)30-26-25-28-13-3-4-14-29(28)27-30)34-18-6-9-23-39(34)44-38-22-8-5-15-32(38)33-17-12-20-36(43)41(33)44/h3-27H,1-2H3. The number of para-hydroxylation sites is 3. The summed E-state index contributed by atoms with van der Waals surface area (Å²) < 4.78 is 2.53. The molecule has 8 aromatic rings. The van der Waals surface area contributed by atoms with Gasteiger partial charge in [-0.15, -0.1) is 0 Å². The minimum Gasteiger partial charge on any atom is -0.309 e. The third kappa shape index (κ3) is 3.05. The smallest absolute Gasteiger partial charge is 0.0763 e. The first-order valence-electron chi connectivity index (χ1n) is 15.7. The molecule has 1 aromatic heterocycles. The summed E-state index contributed by atoms with van der Waals surface area (Å²) >= 11 is 0. The predicted molar refractivity (Wildman–Crippen MR) is 192 cm³/mol. The van der Waals surface area contributed by atoms with Gasteiger partial charge in [0.25, 0.3) is 0 Å². The highest BCUT2D eigenvalue weighted by Gasteiger charge is 2.52. The molecule has 0 saturated heterocycles. The first kappa shape index (κ1) is 25.3. The summed E-state index contributed by atoms with van der Waals surface area (Å²) in [5, 5.41) is 5.18. The minimum atomic E-state index is -1.39. The molecule has 0 bridgehead atoms. The Morgan fingerprint density at radius 2 is 1.18 bits per heavy atom. The molecular weight excluding hydrogens is 563 g/mol. The summed E-state index contributed by atoms with van der Waals surface area (Å²) in [5.41, 5.74) is 11.6. The summed E-state index contributed by atoms with van der Waals surface area (Å²) in [4.78, 5) is 2.97. The zero-order valence-corrected chi connectivity index (χ0v) is 26.1. The SMILES string of the molecule is CS1(C)c2ccccc2C2(c3ccccc3-n3c4ccccc4c4cccc2c43)c2cccc(-c3ccc4ccccc4c3)c21. The maximum atomic E-state index is 2.53. The van der Waals surface area contributed by atoms with Crippen LogP contribution in [0.25, 0.3) is 49.4 Å². The van der Waals surface area contributed by atoms with E-state index in [-0.39, 0.29) is 0 Å². The van der Waals surface area contributed by atoms with Crippen LogP contribution in [0, 0.1) is 0 Å². The summed E-state index contributed by atoms with van der Waals surface area (Å²) in [7, 11) is -1.39. The third-order valence-electron chi connectivity index (χ3n) is 10.5. The van der Waals surface area contributed by atoms with E-state index in [4.69, 9.17) is 0 Å². The van der Waals surface area contributed by atoms with Crippen molar-refractivity contribution in [3.63, 3.8) is 0 Å². The number of hydrogen-bond acceptors (Lipinski definition) is 0. The third-order valence-corrected chi connectivity index (χ3v) is 13.4. The van der Waals surface area contributed by atoms with Gasteiger partial charge in [-0.25, -0.2) is 0 Å². The van der Waals surface area contributed by atoms with Gasteiger partial charge in [-0.2, -0.15) is 10.0 Å². The quantitative estimate of drug-likeness (QED) is 0.178. The molecular formula is C43H31NS. The van der Waals surface area contributed by atoms with E-state index < -0.39 is 15.4 Å². The van der Waals surface area contributed by atoms with Gasteiger partial charge in [0.1, 0.15) is 0 Å². The second kappa shape index (κ2) is 8.78. The number of rotatable bonds is 1. The van der Waals surface area contributed by atoms with Crippen molar-refractivity contribution >= 4 is 42.6 Å².